The summed E-state index contributed by atoms with van der Waals surface area (Å²) in [7, 11) is 0. The fraction of sp³-hybridized carbons (Fsp3) is 0.130. The maximum absolute atomic E-state index is 12.3. The third-order valence-electron chi connectivity index (χ3n) is 4.25. The van der Waals surface area contributed by atoms with Gasteiger partial charge in [0, 0.05) is 11.3 Å². The monoisotopic (exact) mass is 358 g/mol. The maximum Gasteiger partial charge on any atom is 0.251 e. The van der Waals surface area contributed by atoms with E-state index in [1.165, 1.54) is 5.56 Å². The summed E-state index contributed by atoms with van der Waals surface area (Å²) >= 11 is 0. The molecule has 4 nitrogen and oxygen atoms in total. The molecule has 0 fully saturated rings. The Labute approximate surface area is 159 Å². The molecule has 0 saturated heterocycles. The molecule has 2 amide bonds. The van der Waals surface area contributed by atoms with Crippen LogP contribution in [0.25, 0.3) is 0 Å². The van der Waals surface area contributed by atoms with Gasteiger partial charge in [0.05, 0.1) is 6.54 Å². The molecule has 0 spiro atoms. The lowest BCUT2D eigenvalue weighted by atomic mass is 10.0. The van der Waals surface area contributed by atoms with Crippen LogP contribution in [0, 0.1) is 6.92 Å². The second kappa shape index (κ2) is 8.81. The highest BCUT2D eigenvalue weighted by Crippen LogP contribution is 2.19. The van der Waals surface area contributed by atoms with Crippen molar-refractivity contribution in [3.05, 3.63) is 101 Å². The zero-order valence-corrected chi connectivity index (χ0v) is 15.2. The Morgan fingerprint density at radius 2 is 1.48 bits per heavy atom. The van der Waals surface area contributed by atoms with E-state index < -0.39 is 0 Å². The van der Waals surface area contributed by atoms with E-state index in [0.717, 1.165) is 23.2 Å². The number of carbonyl (C=O) groups excluding carboxylic acids is 2. The first-order chi connectivity index (χ1) is 13.1. The predicted molar refractivity (Wildman–Crippen MR) is 108 cm³/mol. The van der Waals surface area contributed by atoms with E-state index in [0.29, 0.717) is 5.56 Å². The van der Waals surface area contributed by atoms with Gasteiger partial charge in [-0.2, -0.15) is 0 Å². The number of amides is 2. The largest absolute Gasteiger partial charge is 0.343 e. The Balaban J connectivity index is 1.59. The number of nitrogens with one attached hydrogen (secondary N) is 2. The van der Waals surface area contributed by atoms with Gasteiger partial charge in [-0.15, -0.1) is 0 Å². The molecule has 0 bridgehead atoms. The van der Waals surface area contributed by atoms with E-state index in [1.54, 1.807) is 12.1 Å². The SMILES string of the molecule is Cc1ccc(C(=O)NCC(=O)Nc2ccccc2Cc2ccccc2)cc1. The molecule has 136 valence electrons. The normalized spacial score (nSPS) is 10.3. The molecular formula is C23H22N2O2. The first-order valence-corrected chi connectivity index (χ1v) is 8.88. The summed E-state index contributed by atoms with van der Waals surface area (Å²) in [6, 6.07) is 25.0. The van der Waals surface area contributed by atoms with E-state index in [9.17, 15) is 9.59 Å². The van der Waals surface area contributed by atoms with Gasteiger partial charge in [-0.1, -0.05) is 66.2 Å². The zero-order chi connectivity index (χ0) is 19.1. The first-order valence-electron chi connectivity index (χ1n) is 8.88. The molecule has 2 N–H and O–H groups in total. The van der Waals surface area contributed by atoms with Crippen molar-refractivity contribution in [2.75, 3.05) is 11.9 Å². The topological polar surface area (TPSA) is 58.2 Å². The van der Waals surface area contributed by atoms with Crippen molar-refractivity contribution in [3.8, 4) is 0 Å². The van der Waals surface area contributed by atoms with Crippen LogP contribution < -0.4 is 10.6 Å². The van der Waals surface area contributed by atoms with Gasteiger partial charge in [0.2, 0.25) is 5.91 Å². The van der Waals surface area contributed by atoms with Crippen LogP contribution in [-0.2, 0) is 11.2 Å². The molecule has 4 heteroatoms. The third-order valence-corrected chi connectivity index (χ3v) is 4.25. The third kappa shape index (κ3) is 5.28. The summed E-state index contributed by atoms with van der Waals surface area (Å²) in [4.78, 5) is 24.4. The van der Waals surface area contributed by atoms with Crippen LogP contribution in [0.2, 0.25) is 0 Å². The van der Waals surface area contributed by atoms with Crippen molar-refractivity contribution in [2.45, 2.75) is 13.3 Å². The lowest BCUT2D eigenvalue weighted by Gasteiger charge is -2.12. The second-order valence-corrected chi connectivity index (χ2v) is 6.42. The summed E-state index contributed by atoms with van der Waals surface area (Å²) in [5, 5.41) is 5.55. The summed E-state index contributed by atoms with van der Waals surface area (Å²) in [5.74, 6) is -0.515. The Hall–Kier alpha value is -3.40. The van der Waals surface area contributed by atoms with Gasteiger partial charge in [-0.3, -0.25) is 9.59 Å². The number of hydrogen-bond donors (Lipinski definition) is 2. The van der Waals surface area contributed by atoms with E-state index >= 15 is 0 Å². The van der Waals surface area contributed by atoms with Gasteiger partial charge in [-0.05, 0) is 42.7 Å². The van der Waals surface area contributed by atoms with Crippen molar-refractivity contribution in [2.24, 2.45) is 0 Å². The molecule has 3 aromatic carbocycles. The molecule has 3 rings (SSSR count). The van der Waals surface area contributed by atoms with E-state index in [-0.39, 0.29) is 18.4 Å². The Kier molecular flexibility index (Phi) is 6.00. The number of rotatable bonds is 6. The number of carbonyl (C=O) groups is 2. The molecule has 0 radical (unpaired) electrons. The highest BCUT2D eigenvalue weighted by Gasteiger charge is 2.10. The highest BCUT2D eigenvalue weighted by molar-refractivity contribution is 5.99. The molecule has 0 unspecified atom stereocenters. The van der Waals surface area contributed by atoms with Gasteiger partial charge in [-0.25, -0.2) is 0 Å². The van der Waals surface area contributed by atoms with Crippen molar-refractivity contribution in [3.63, 3.8) is 0 Å². The van der Waals surface area contributed by atoms with Crippen LogP contribution in [0.1, 0.15) is 27.0 Å². The number of hydrogen-bond acceptors (Lipinski definition) is 2. The van der Waals surface area contributed by atoms with Crippen LogP contribution in [0.15, 0.2) is 78.9 Å². The van der Waals surface area contributed by atoms with Crippen LogP contribution in [0.5, 0.6) is 0 Å². The van der Waals surface area contributed by atoms with Gasteiger partial charge < -0.3 is 10.6 Å². The van der Waals surface area contributed by atoms with Crippen LogP contribution in [0.3, 0.4) is 0 Å². The fourth-order valence-electron chi connectivity index (χ4n) is 2.77. The standard InChI is InChI=1S/C23H22N2O2/c1-17-11-13-19(14-12-17)23(27)24-16-22(26)25-21-10-6-5-9-20(21)15-18-7-3-2-4-8-18/h2-14H,15-16H2,1H3,(H,24,27)(H,25,26). The summed E-state index contributed by atoms with van der Waals surface area (Å²) in [6.07, 6.45) is 0.729. The van der Waals surface area contributed by atoms with Crippen LogP contribution in [0.4, 0.5) is 5.69 Å². The molecule has 0 heterocycles. The number of anilines is 1. The molecule has 0 aliphatic rings. The zero-order valence-electron chi connectivity index (χ0n) is 15.2. The first kappa shape index (κ1) is 18.4. The second-order valence-electron chi connectivity index (χ2n) is 6.42. The maximum atomic E-state index is 12.3. The Morgan fingerprint density at radius 1 is 0.815 bits per heavy atom. The average Bonchev–Trinajstić information content (AvgIpc) is 2.69. The molecular weight excluding hydrogens is 336 g/mol. The summed E-state index contributed by atoms with van der Waals surface area (Å²) in [6.45, 7) is 1.88. The number of benzene rings is 3. The van der Waals surface area contributed by atoms with Crippen molar-refractivity contribution < 1.29 is 9.59 Å². The quantitative estimate of drug-likeness (QED) is 0.701. The number of aryl methyl sites for hydroxylation is 1. The van der Waals surface area contributed by atoms with Crippen LogP contribution >= 0.6 is 0 Å². The fourth-order valence-corrected chi connectivity index (χ4v) is 2.77. The smallest absolute Gasteiger partial charge is 0.251 e. The predicted octanol–water partition coefficient (Wildman–Crippen LogP) is 3.95. The molecule has 3 aromatic rings. The molecule has 0 aromatic heterocycles. The number of para-hydroxylation sites is 1. The van der Waals surface area contributed by atoms with Crippen molar-refractivity contribution in [1.29, 1.82) is 0 Å². The summed E-state index contributed by atoms with van der Waals surface area (Å²) < 4.78 is 0. The molecule has 27 heavy (non-hydrogen) atoms. The minimum atomic E-state index is -0.261. The average molecular weight is 358 g/mol. The van der Waals surface area contributed by atoms with Crippen LogP contribution in [-0.4, -0.2) is 18.4 Å². The van der Waals surface area contributed by atoms with Crippen molar-refractivity contribution >= 4 is 17.5 Å². The molecule has 0 aliphatic carbocycles. The Morgan fingerprint density at radius 3 is 2.22 bits per heavy atom. The minimum Gasteiger partial charge on any atom is -0.343 e. The Bertz CT molecular complexity index is 919. The minimum absolute atomic E-state index is 0.0770. The van der Waals surface area contributed by atoms with E-state index in [2.05, 4.69) is 22.8 Å². The van der Waals surface area contributed by atoms with Gasteiger partial charge in [0.25, 0.3) is 5.91 Å². The molecule has 0 atom stereocenters. The lowest BCUT2D eigenvalue weighted by molar-refractivity contribution is -0.115. The van der Waals surface area contributed by atoms with Crippen molar-refractivity contribution in [1.82, 2.24) is 5.32 Å². The molecule has 0 aliphatic heterocycles. The van der Waals surface area contributed by atoms with Gasteiger partial charge in [0.15, 0.2) is 0 Å². The summed E-state index contributed by atoms with van der Waals surface area (Å²) in [5.41, 5.74) is 4.59. The van der Waals surface area contributed by atoms with Gasteiger partial charge >= 0.3 is 0 Å². The van der Waals surface area contributed by atoms with Gasteiger partial charge in [0.1, 0.15) is 0 Å². The van der Waals surface area contributed by atoms with E-state index in [4.69, 9.17) is 0 Å². The highest BCUT2D eigenvalue weighted by atomic mass is 16.2. The lowest BCUT2D eigenvalue weighted by Crippen LogP contribution is -2.33. The molecule has 0 saturated carbocycles. The van der Waals surface area contributed by atoms with E-state index in [1.807, 2.05) is 61.5 Å².